The average molecular weight is 185 g/mol. The Bertz CT molecular complexity index is 297. The number of hydrogen-bond donors (Lipinski definition) is 2. The molecule has 0 spiro atoms. The van der Waals surface area contributed by atoms with E-state index in [1.807, 2.05) is 0 Å². The molecule has 12 heavy (non-hydrogen) atoms. The van der Waals surface area contributed by atoms with Crippen molar-refractivity contribution in [1.82, 2.24) is 0 Å². The van der Waals surface area contributed by atoms with Crippen LogP contribution >= 0.6 is 7.37 Å². The molecule has 0 aliphatic heterocycles. The second kappa shape index (κ2) is 3.40. The van der Waals surface area contributed by atoms with Gasteiger partial charge in [-0.1, -0.05) is 18.2 Å². The van der Waals surface area contributed by atoms with E-state index in [1.165, 1.54) is 6.92 Å². The first kappa shape index (κ1) is 9.46. The Morgan fingerprint density at radius 3 is 2.33 bits per heavy atom. The lowest BCUT2D eigenvalue weighted by Crippen LogP contribution is -2.22. The standard InChI is InChI=1S/C8H12NO2P/c1-7(9)12(10,11)8-5-3-2-4-6-8/h2-7H,9H2,1H3,(H,10,11). The molecule has 2 atom stereocenters. The molecule has 1 aromatic rings. The average Bonchev–Trinajstić information content (AvgIpc) is 2.06. The maximum Gasteiger partial charge on any atom is 0.245 e. The fourth-order valence-corrected chi connectivity index (χ4v) is 1.95. The van der Waals surface area contributed by atoms with Gasteiger partial charge in [-0.3, -0.25) is 4.57 Å². The van der Waals surface area contributed by atoms with Crippen molar-refractivity contribution in [3.05, 3.63) is 30.3 Å². The Kier molecular flexibility index (Phi) is 2.68. The van der Waals surface area contributed by atoms with Crippen LogP contribution in [-0.2, 0) is 4.57 Å². The van der Waals surface area contributed by atoms with Crippen LogP contribution < -0.4 is 11.0 Å². The molecular formula is C8H12NO2P. The van der Waals surface area contributed by atoms with Gasteiger partial charge >= 0.3 is 0 Å². The Balaban J connectivity index is 3.07. The van der Waals surface area contributed by atoms with Gasteiger partial charge in [-0.15, -0.1) is 0 Å². The molecule has 3 N–H and O–H groups in total. The van der Waals surface area contributed by atoms with Crippen LogP contribution in [0, 0.1) is 0 Å². The number of benzene rings is 1. The summed E-state index contributed by atoms with van der Waals surface area (Å²) in [5, 5.41) is 0.417. The Morgan fingerprint density at radius 1 is 1.42 bits per heavy atom. The summed E-state index contributed by atoms with van der Waals surface area (Å²) in [5.74, 6) is -0.708. The summed E-state index contributed by atoms with van der Waals surface area (Å²) >= 11 is 0. The molecule has 0 heterocycles. The van der Waals surface area contributed by atoms with Gasteiger partial charge < -0.3 is 10.6 Å². The maximum atomic E-state index is 11.5. The first-order valence-electron chi connectivity index (χ1n) is 3.69. The summed E-state index contributed by atoms with van der Waals surface area (Å²) in [6, 6.07) is 8.47. The van der Waals surface area contributed by atoms with E-state index in [0.717, 1.165) is 0 Å². The van der Waals surface area contributed by atoms with E-state index in [4.69, 9.17) is 5.73 Å². The Morgan fingerprint density at radius 2 is 1.92 bits per heavy atom. The highest BCUT2D eigenvalue weighted by atomic mass is 31.2. The second-order valence-corrected chi connectivity index (χ2v) is 5.28. The van der Waals surface area contributed by atoms with Crippen molar-refractivity contribution in [3.8, 4) is 0 Å². The van der Waals surface area contributed by atoms with Crippen LogP contribution in [0.3, 0.4) is 0 Å². The molecule has 0 aromatic heterocycles. The third-order valence-electron chi connectivity index (χ3n) is 1.68. The fourth-order valence-electron chi connectivity index (χ4n) is 0.877. The van der Waals surface area contributed by atoms with Crippen molar-refractivity contribution in [2.45, 2.75) is 12.7 Å². The van der Waals surface area contributed by atoms with Gasteiger partial charge in [0.2, 0.25) is 7.37 Å². The normalized spacial score (nSPS) is 18.2. The van der Waals surface area contributed by atoms with E-state index in [1.54, 1.807) is 30.3 Å². The van der Waals surface area contributed by atoms with Crippen LogP contribution in [0.25, 0.3) is 0 Å². The molecule has 1 rings (SSSR count). The minimum Gasteiger partial charge on any atom is -0.340 e. The first-order chi connectivity index (χ1) is 5.55. The molecular weight excluding hydrogens is 173 g/mol. The maximum absolute atomic E-state index is 11.5. The van der Waals surface area contributed by atoms with Crippen molar-refractivity contribution in [2.75, 3.05) is 0 Å². The van der Waals surface area contributed by atoms with Crippen molar-refractivity contribution in [3.63, 3.8) is 0 Å². The topological polar surface area (TPSA) is 63.3 Å². The van der Waals surface area contributed by atoms with E-state index in [-0.39, 0.29) is 0 Å². The molecule has 0 bridgehead atoms. The number of rotatable bonds is 2. The van der Waals surface area contributed by atoms with Gasteiger partial charge in [0.05, 0.1) is 5.78 Å². The van der Waals surface area contributed by atoms with Crippen LogP contribution in [0.2, 0.25) is 0 Å². The van der Waals surface area contributed by atoms with Gasteiger partial charge in [-0.25, -0.2) is 0 Å². The lowest BCUT2D eigenvalue weighted by molar-refractivity contribution is 0.479. The molecule has 0 aliphatic rings. The zero-order valence-electron chi connectivity index (χ0n) is 6.84. The van der Waals surface area contributed by atoms with Gasteiger partial charge in [-0.05, 0) is 19.1 Å². The Hall–Kier alpha value is -0.630. The number of nitrogens with two attached hydrogens (primary N) is 1. The molecule has 0 saturated carbocycles. The summed E-state index contributed by atoms with van der Waals surface area (Å²) in [6.45, 7) is 1.54. The van der Waals surface area contributed by atoms with E-state index in [9.17, 15) is 9.46 Å². The molecule has 0 radical (unpaired) electrons. The van der Waals surface area contributed by atoms with Crippen LogP contribution in [0.1, 0.15) is 6.92 Å². The SMILES string of the molecule is CC(N)P(=O)(O)c1ccccc1. The minimum atomic E-state index is -3.34. The van der Waals surface area contributed by atoms with E-state index in [2.05, 4.69) is 0 Å². The molecule has 0 aliphatic carbocycles. The van der Waals surface area contributed by atoms with Gasteiger partial charge in [-0.2, -0.15) is 0 Å². The van der Waals surface area contributed by atoms with Crippen molar-refractivity contribution < 1.29 is 9.46 Å². The van der Waals surface area contributed by atoms with E-state index >= 15 is 0 Å². The van der Waals surface area contributed by atoms with E-state index < -0.39 is 13.2 Å². The lowest BCUT2D eigenvalue weighted by atomic mass is 10.4. The summed E-state index contributed by atoms with van der Waals surface area (Å²) < 4.78 is 11.5. The first-order valence-corrected chi connectivity index (χ1v) is 5.41. The highest BCUT2D eigenvalue weighted by molar-refractivity contribution is 7.66. The highest BCUT2D eigenvalue weighted by Crippen LogP contribution is 2.41. The molecule has 0 fully saturated rings. The largest absolute Gasteiger partial charge is 0.340 e. The van der Waals surface area contributed by atoms with Crippen molar-refractivity contribution in [2.24, 2.45) is 5.73 Å². The minimum absolute atomic E-state index is 0.417. The monoisotopic (exact) mass is 185 g/mol. The molecule has 3 nitrogen and oxygen atoms in total. The quantitative estimate of drug-likeness (QED) is 0.672. The van der Waals surface area contributed by atoms with E-state index in [0.29, 0.717) is 5.30 Å². The molecule has 0 amide bonds. The third kappa shape index (κ3) is 1.75. The van der Waals surface area contributed by atoms with Crippen LogP contribution in [0.5, 0.6) is 0 Å². The number of hydrogen-bond acceptors (Lipinski definition) is 2. The van der Waals surface area contributed by atoms with Crippen LogP contribution in [-0.4, -0.2) is 10.7 Å². The Labute approximate surface area is 71.7 Å². The van der Waals surface area contributed by atoms with Gasteiger partial charge in [0.15, 0.2) is 0 Å². The molecule has 66 valence electrons. The molecule has 1 aromatic carbocycles. The lowest BCUT2D eigenvalue weighted by Gasteiger charge is -2.14. The highest BCUT2D eigenvalue weighted by Gasteiger charge is 2.25. The molecule has 4 heteroatoms. The van der Waals surface area contributed by atoms with Crippen LogP contribution in [0.15, 0.2) is 30.3 Å². The van der Waals surface area contributed by atoms with Crippen molar-refractivity contribution in [1.29, 1.82) is 0 Å². The van der Waals surface area contributed by atoms with Gasteiger partial charge in [0, 0.05) is 5.30 Å². The second-order valence-electron chi connectivity index (χ2n) is 2.70. The molecule has 0 saturated heterocycles. The predicted octanol–water partition coefficient (Wildman–Crippen LogP) is 0.887. The summed E-state index contributed by atoms with van der Waals surface area (Å²) in [4.78, 5) is 9.49. The summed E-state index contributed by atoms with van der Waals surface area (Å²) in [6.07, 6.45) is 0. The summed E-state index contributed by atoms with van der Waals surface area (Å²) in [7, 11) is -3.34. The molecule has 2 unspecified atom stereocenters. The predicted molar refractivity (Wildman–Crippen MR) is 49.6 cm³/mol. The summed E-state index contributed by atoms with van der Waals surface area (Å²) in [5.41, 5.74) is 5.39. The van der Waals surface area contributed by atoms with Gasteiger partial charge in [0.1, 0.15) is 0 Å². The third-order valence-corrected chi connectivity index (χ3v) is 3.82. The zero-order chi connectivity index (χ0) is 9.19. The fraction of sp³-hybridized carbons (Fsp3) is 0.250. The van der Waals surface area contributed by atoms with Gasteiger partial charge in [0.25, 0.3) is 0 Å². The van der Waals surface area contributed by atoms with Crippen molar-refractivity contribution >= 4 is 12.7 Å². The smallest absolute Gasteiger partial charge is 0.245 e. The zero-order valence-corrected chi connectivity index (χ0v) is 7.74. The van der Waals surface area contributed by atoms with Crippen LogP contribution in [0.4, 0.5) is 0 Å².